The molecule has 0 spiro atoms. The first kappa shape index (κ1) is 38.3. The minimum absolute atomic E-state index is 0.0881. The van der Waals surface area contributed by atoms with Crippen molar-refractivity contribution in [2.75, 3.05) is 46.6 Å². The zero-order valence-corrected chi connectivity index (χ0v) is 31.6. The molecule has 1 heterocycles. The third kappa shape index (κ3) is 7.77. The molecule has 2 saturated carbocycles. The second-order valence-corrected chi connectivity index (χ2v) is 15.4. The van der Waals surface area contributed by atoms with Crippen LogP contribution in [0.3, 0.4) is 0 Å². The van der Waals surface area contributed by atoms with Gasteiger partial charge in [-0.15, -0.1) is 0 Å². The summed E-state index contributed by atoms with van der Waals surface area (Å²) in [4.78, 5) is 65.8. The maximum absolute atomic E-state index is 13.7. The number of amides is 1. The van der Waals surface area contributed by atoms with Gasteiger partial charge in [0.25, 0.3) is 0 Å². The molecule has 292 valence electrons. The summed E-state index contributed by atoms with van der Waals surface area (Å²) in [5.74, 6) is 0.372. The first-order valence-electron chi connectivity index (χ1n) is 19.2. The largest absolute Gasteiger partial charge is 0.460 e. The van der Waals surface area contributed by atoms with Crippen LogP contribution in [0, 0.1) is 17.3 Å². The average molecular weight is 756 g/mol. The number of ketones is 2. The Morgan fingerprint density at radius 3 is 2.53 bits per heavy atom. The number of allylic oxidation sites excluding steroid dienone is 2. The highest BCUT2D eigenvalue weighted by Crippen LogP contribution is 2.61. The van der Waals surface area contributed by atoms with Crippen LogP contribution in [0.15, 0.2) is 71.1 Å². The number of Topliss-reactive ketones (excluding diaryl/α,β-unsaturated/α-hetero) is 2. The summed E-state index contributed by atoms with van der Waals surface area (Å²) in [7, 11) is 1.36. The molecule has 0 radical (unpaired) electrons. The third-order valence-corrected chi connectivity index (χ3v) is 12.3. The van der Waals surface area contributed by atoms with Crippen LogP contribution in [0.5, 0.6) is 5.75 Å². The summed E-state index contributed by atoms with van der Waals surface area (Å²) in [5, 5.41) is 3.02. The Labute approximate surface area is 320 Å². The third-order valence-electron chi connectivity index (χ3n) is 12.3. The lowest BCUT2D eigenvalue weighted by atomic mass is 9.55. The predicted molar refractivity (Wildman–Crippen MR) is 199 cm³/mol. The first-order chi connectivity index (χ1) is 26.5. The van der Waals surface area contributed by atoms with Crippen LogP contribution in [0.2, 0.25) is 0 Å². The summed E-state index contributed by atoms with van der Waals surface area (Å²) < 4.78 is 27.8. The number of nitrogens with one attached hydrogen (secondary N) is 1. The number of aryl methyl sites for hydroxylation is 1. The number of nitrogens with zero attached hydrogens (tertiary/aromatic N) is 1. The number of methoxy groups -OCH3 is 1. The Bertz CT molecular complexity index is 1920. The summed E-state index contributed by atoms with van der Waals surface area (Å²) in [5.41, 5.74) is 8.83. The van der Waals surface area contributed by atoms with Gasteiger partial charge in [0.2, 0.25) is 11.6 Å². The number of hydrogen-bond donors (Lipinski definition) is 2. The molecule has 3 fully saturated rings. The SMILES string of the molecule is COC(COC(N)=O)C1=C(N2CC2)C(=O)C(C)=C(NCCOCC(=O)OC2CCC3C4CCc5cc(OC(=O)c6ccccc6)ccc5C4CC[C@]23C)C1=O. The van der Waals surface area contributed by atoms with Crippen molar-refractivity contribution in [1.29, 1.82) is 0 Å². The van der Waals surface area contributed by atoms with Crippen molar-refractivity contribution in [3.63, 3.8) is 0 Å². The van der Waals surface area contributed by atoms with Crippen molar-refractivity contribution in [3.8, 4) is 5.75 Å². The van der Waals surface area contributed by atoms with E-state index in [1.54, 1.807) is 24.0 Å². The Kier molecular flexibility index (Phi) is 11.1. The van der Waals surface area contributed by atoms with Gasteiger partial charge in [-0.05, 0) is 98.6 Å². The highest BCUT2D eigenvalue weighted by molar-refractivity contribution is 6.25. The van der Waals surface area contributed by atoms with Crippen molar-refractivity contribution >= 4 is 29.6 Å². The van der Waals surface area contributed by atoms with E-state index in [0.717, 1.165) is 38.5 Å². The molecule has 0 bridgehead atoms. The van der Waals surface area contributed by atoms with Gasteiger partial charge in [0.05, 0.1) is 29.1 Å². The van der Waals surface area contributed by atoms with Crippen molar-refractivity contribution in [3.05, 3.63) is 87.8 Å². The van der Waals surface area contributed by atoms with Gasteiger partial charge in [-0.25, -0.2) is 14.4 Å². The topological polar surface area (TPSA) is 173 Å². The molecular weight excluding hydrogens is 706 g/mol. The van der Waals surface area contributed by atoms with E-state index in [2.05, 4.69) is 18.3 Å². The zero-order chi connectivity index (χ0) is 38.9. The number of esters is 2. The Morgan fingerprint density at radius 1 is 1.02 bits per heavy atom. The van der Waals surface area contributed by atoms with Gasteiger partial charge < -0.3 is 39.6 Å². The van der Waals surface area contributed by atoms with Crippen molar-refractivity contribution in [1.82, 2.24) is 10.2 Å². The number of benzene rings is 2. The van der Waals surface area contributed by atoms with Crippen molar-refractivity contribution in [2.24, 2.45) is 23.0 Å². The molecule has 1 amide bonds. The molecule has 7 rings (SSSR count). The normalized spacial score (nSPS) is 26.1. The molecule has 13 nitrogen and oxygen atoms in total. The maximum Gasteiger partial charge on any atom is 0.404 e. The molecule has 2 aromatic carbocycles. The molecule has 6 atom stereocenters. The molecule has 1 aliphatic heterocycles. The van der Waals surface area contributed by atoms with Gasteiger partial charge in [-0.2, -0.15) is 0 Å². The van der Waals surface area contributed by atoms with E-state index in [9.17, 15) is 24.0 Å². The Balaban J connectivity index is 0.897. The van der Waals surface area contributed by atoms with Gasteiger partial charge >= 0.3 is 18.0 Å². The van der Waals surface area contributed by atoms with Crippen LogP contribution in [0.1, 0.15) is 73.4 Å². The molecule has 55 heavy (non-hydrogen) atoms. The number of fused-ring (bicyclic) bond motifs is 5. The molecule has 2 aromatic rings. The number of carbonyl (C=O) groups is 5. The summed E-state index contributed by atoms with van der Waals surface area (Å²) in [6, 6.07) is 15.1. The van der Waals surface area contributed by atoms with E-state index < -0.39 is 23.9 Å². The van der Waals surface area contributed by atoms with Gasteiger partial charge in [0, 0.05) is 37.7 Å². The lowest BCUT2D eigenvalue weighted by Crippen LogP contribution is -2.45. The molecule has 5 aliphatic rings. The van der Waals surface area contributed by atoms with Crippen LogP contribution in [-0.4, -0.2) is 93.3 Å². The van der Waals surface area contributed by atoms with Gasteiger partial charge in [0.1, 0.15) is 31.2 Å². The number of carbonyl (C=O) groups excluding carboxylic acids is 5. The Hall–Kier alpha value is -5.01. The lowest BCUT2D eigenvalue weighted by molar-refractivity contribution is -0.162. The van der Waals surface area contributed by atoms with Gasteiger partial charge in [0.15, 0.2) is 0 Å². The fraction of sp³-hybridized carbons (Fsp3) is 0.500. The fourth-order valence-electron chi connectivity index (χ4n) is 9.46. The van der Waals surface area contributed by atoms with Crippen molar-refractivity contribution < 1.29 is 47.7 Å². The molecule has 13 heteroatoms. The van der Waals surface area contributed by atoms with Gasteiger partial charge in [-0.1, -0.05) is 31.2 Å². The smallest absolute Gasteiger partial charge is 0.404 e. The average Bonchev–Trinajstić information content (AvgIpc) is 3.96. The summed E-state index contributed by atoms with van der Waals surface area (Å²) >= 11 is 0. The minimum atomic E-state index is -1.02. The number of ether oxygens (including phenoxy) is 5. The fourth-order valence-corrected chi connectivity index (χ4v) is 9.46. The molecule has 4 aliphatic carbocycles. The first-order valence-corrected chi connectivity index (χ1v) is 19.2. The second kappa shape index (κ2) is 16.0. The van der Waals surface area contributed by atoms with E-state index in [1.807, 2.05) is 30.3 Å². The zero-order valence-electron chi connectivity index (χ0n) is 31.6. The standard InChI is InChI=1S/C42H49N3O10/c1-24-36(39(48)35(32(51-3)22-53-41(43)50)37(38(24)47)45-18-19-45)44-17-20-52-23-34(46)55-33-14-13-31-30-11-9-26-21-27(54-40(49)25-7-5-4-6-8-25)10-12-28(26)29(30)15-16-42(31,33)2/h4-8,10,12,21,29-33,44H,9,11,13-20,22-23H2,1-3H3,(H2,43,50)/t29?,30?,31?,32?,33?,42-/m0/s1. The summed E-state index contributed by atoms with van der Waals surface area (Å²) in [6.07, 6.45) is 3.52. The lowest BCUT2D eigenvalue weighted by Gasteiger charge is -2.50. The Morgan fingerprint density at radius 2 is 1.80 bits per heavy atom. The van der Waals surface area contributed by atoms with E-state index in [1.165, 1.54) is 18.2 Å². The highest BCUT2D eigenvalue weighted by Gasteiger charge is 2.56. The van der Waals surface area contributed by atoms with Crippen LogP contribution >= 0.6 is 0 Å². The molecule has 3 N–H and O–H groups in total. The number of primary amides is 1. The van der Waals surface area contributed by atoms with Gasteiger partial charge in [-0.3, -0.25) is 9.59 Å². The van der Waals surface area contributed by atoms with Crippen LogP contribution in [-0.2, 0) is 39.8 Å². The minimum Gasteiger partial charge on any atom is -0.460 e. The number of rotatable bonds is 14. The monoisotopic (exact) mass is 755 g/mol. The van der Waals surface area contributed by atoms with Crippen LogP contribution in [0.4, 0.5) is 4.79 Å². The van der Waals surface area contributed by atoms with E-state index in [0.29, 0.717) is 42.2 Å². The van der Waals surface area contributed by atoms with E-state index >= 15 is 0 Å². The molecular formula is C42H49N3O10. The molecule has 5 unspecified atom stereocenters. The van der Waals surface area contributed by atoms with Crippen LogP contribution < -0.4 is 15.8 Å². The van der Waals surface area contributed by atoms with E-state index in [-0.39, 0.29) is 72.2 Å². The highest BCUT2D eigenvalue weighted by atomic mass is 16.6. The number of hydrogen-bond acceptors (Lipinski definition) is 12. The predicted octanol–water partition coefficient (Wildman–Crippen LogP) is 4.39. The summed E-state index contributed by atoms with van der Waals surface area (Å²) in [6.45, 7) is 4.80. The van der Waals surface area contributed by atoms with Crippen molar-refractivity contribution in [2.45, 2.75) is 70.5 Å². The number of nitrogens with two attached hydrogens (primary N) is 1. The molecule has 1 saturated heterocycles. The second-order valence-electron chi connectivity index (χ2n) is 15.4. The molecule has 0 aromatic heterocycles. The quantitative estimate of drug-likeness (QED) is 0.0918. The van der Waals surface area contributed by atoms with E-state index in [4.69, 9.17) is 29.4 Å². The maximum atomic E-state index is 13.7. The van der Waals surface area contributed by atoms with Crippen LogP contribution in [0.25, 0.3) is 0 Å².